The molecule has 2 fully saturated rings. The number of carbonyl (C=O) groups is 1. The van der Waals surface area contributed by atoms with Crippen molar-refractivity contribution in [2.75, 3.05) is 19.7 Å². The molecule has 6 rings (SSSR count). The van der Waals surface area contributed by atoms with E-state index in [4.69, 9.17) is 19.3 Å². The molecule has 9 heteroatoms. The highest BCUT2D eigenvalue weighted by Crippen LogP contribution is 2.44. The maximum Gasteiger partial charge on any atom is 0.416 e. The lowest BCUT2D eigenvalue weighted by Crippen LogP contribution is -2.42. The number of likely N-dealkylation sites (tertiary alicyclic amines) is 1. The lowest BCUT2D eigenvalue weighted by Gasteiger charge is -2.33. The minimum absolute atomic E-state index is 0.00183. The SMILES string of the molecule is O=C(O)CC1COc2cc(O[C@@H]3CCc4c3ccc(C(F)(F)F)c4CN3CC4CCC(C3)O4)ccc21. The number of ether oxygens (including phenoxy) is 3. The average Bonchev–Trinajstić information content (AvgIpc) is 3.50. The maximum absolute atomic E-state index is 14.0. The van der Waals surface area contributed by atoms with Crippen LogP contribution in [-0.2, 0) is 28.7 Å². The molecule has 1 N–H and O–H groups in total. The van der Waals surface area contributed by atoms with E-state index in [-0.39, 0.29) is 37.2 Å². The highest BCUT2D eigenvalue weighted by molar-refractivity contribution is 5.68. The maximum atomic E-state index is 14.0. The molecule has 0 amide bonds. The van der Waals surface area contributed by atoms with Crippen molar-refractivity contribution in [2.24, 2.45) is 0 Å². The molecule has 0 spiro atoms. The summed E-state index contributed by atoms with van der Waals surface area (Å²) in [5, 5.41) is 9.10. The van der Waals surface area contributed by atoms with Gasteiger partial charge in [0.25, 0.3) is 0 Å². The highest BCUT2D eigenvalue weighted by atomic mass is 19.4. The summed E-state index contributed by atoms with van der Waals surface area (Å²) in [7, 11) is 0. The van der Waals surface area contributed by atoms with E-state index in [1.807, 2.05) is 6.07 Å². The molecule has 3 unspecified atom stereocenters. The first-order chi connectivity index (χ1) is 17.2. The van der Waals surface area contributed by atoms with Gasteiger partial charge in [-0.1, -0.05) is 12.1 Å². The Hall–Kier alpha value is -2.78. The Morgan fingerprint density at radius 2 is 1.83 bits per heavy atom. The van der Waals surface area contributed by atoms with Crippen LogP contribution in [-0.4, -0.2) is 47.9 Å². The van der Waals surface area contributed by atoms with E-state index in [2.05, 4.69) is 4.90 Å². The Labute approximate surface area is 206 Å². The molecular weight excluding hydrogens is 475 g/mol. The van der Waals surface area contributed by atoms with Crippen molar-refractivity contribution in [2.45, 2.75) is 69.1 Å². The second-order valence-electron chi connectivity index (χ2n) is 10.3. The van der Waals surface area contributed by atoms with Crippen LogP contribution >= 0.6 is 0 Å². The molecule has 2 aromatic carbocycles. The molecule has 2 bridgehead atoms. The number of morpholine rings is 1. The van der Waals surface area contributed by atoms with Crippen molar-refractivity contribution >= 4 is 5.97 Å². The van der Waals surface area contributed by atoms with Gasteiger partial charge in [-0.05, 0) is 54.5 Å². The molecule has 0 aromatic heterocycles. The summed E-state index contributed by atoms with van der Waals surface area (Å²) in [6.07, 6.45) is -1.48. The zero-order chi connectivity index (χ0) is 25.0. The van der Waals surface area contributed by atoms with Gasteiger partial charge in [0.2, 0.25) is 0 Å². The zero-order valence-electron chi connectivity index (χ0n) is 19.7. The van der Waals surface area contributed by atoms with Crippen LogP contribution in [0.25, 0.3) is 0 Å². The van der Waals surface area contributed by atoms with E-state index in [1.165, 1.54) is 6.07 Å². The Morgan fingerprint density at radius 1 is 1.08 bits per heavy atom. The number of nitrogens with zero attached hydrogens (tertiary/aromatic N) is 1. The van der Waals surface area contributed by atoms with Crippen LogP contribution in [0.1, 0.15) is 65.5 Å². The van der Waals surface area contributed by atoms with Gasteiger partial charge < -0.3 is 19.3 Å². The molecule has 0 radical (unpaired) electrons. The average molecular weight is 504 g/mol. The Morgan fingerprint density at radius 3 is 2.56 bits per heavy atom. The van der Waals surface area contributed by atoms with Gasteiger partial charge in [-0.2, -0.15) is 13.2 Å². The molecule has 3 aliphatic heterocycles. The fourth-order valence-corrected chi connectivity index (χ4v) is 6.23. The molecule has 4 aliphatic rings. The molecule has 4 atom stereocenters. The first kappa shape index (κ1) is 23.6. The number of halogens is 3. The summed E-state index contributed by atoms with van der Waals surface area (Å²) in [5.74, 6) is 0.0939. The third-order valence-corrected chi connectivity index (χ3v) is 7.84. The fraction of sp³-hybridized carbons (Fsp3) is 0.519. The molecule has 2 aromatic rings. The number of hydrogen-bond donors (Lipinski definition) is 1. The van der Waals surface area contributed by atoms with Gasteiger partial charge in [0, 0.05) is 37.2 Å². The number of alkyl halides is 3. The predicted octanol–water partition coefficient (Wildman–Crippen LogP) is 5.09. The van der Waals surface area contributed by atoms with Gasteiger partial charge in [-0.15, -0.1) is 0 Å². The molecular formula is C27H28F3NO5. The Balaban J connectivity index is 1.25. The number of rotatable bonds is 6. The number of carboxylic acid groups (broad SMARTS) is 1. The molecule has 3 heterocycles. The largest absolute Gasteiger partial charge is 0.492 e. The van der Waals surface area contributed by atoms with E-state index in [0.717, 1.165) is 29.5 Å². The monoisotopic (exact) mass is 503 g/mol. The summed E-state index contributed by atoms with van der Waals surface area (Å²) in [5.41, 5.74) is 2.19. The highest BCUT2D eigenvalue weighted by Gasteiger charge is 2.40. The molecule has 192 valence electrons. The Bertz CT molecular complexity index is 1170. The van der Waals surface area contributed by atoms with E-state index >= 15 is 0 Å². The number of fused-ring (bicyclic) bond motifs is 4. The summed E-state index contributed by atoms with van der Waals surface area (Å²) >= 11 is 0. The number of aliphatic carboxylic acids is 1. The van der Waals surface area contributed by atoms with Gasteiger partial charge in [-0.3, -0.25) is 9.69 Å². The van der Waals surface area contributed by atoms with Crippen LogP contribution < -0.4 is 9.47 Å². The minimum atomic E-state index is -4.42. The van der Waals surface area contributed by atoms with Crippen molar-refractivity contribution in [1.82, 2.24) is 4.90 Å². The fourth-order valence-electron chi connectivity index (χ4n) is 6.23. The van der Waals surface area contributed by atoms with E-state index in [0.29, 0.717) is 49.6 Å². The molecule has 6 nitrogen and oxygen atoms in total. The van der Waals surface area contributed by atoms with Gasteiger partial charge in [-0.25, -0.2) is 0 Å². The van der Waals surface area contributed by atoms with Crippen molar-refractivity contribution in [3.05, 3.63) is 58.1 Å². The number of hydrogen-bond acceptors (Lipinski definition) is 5. The normalized spacial score (nSPS) is 27.0. The van der Waals surface area contributed by atoms with Crippen LogP contribution in [0.4, 0.5) is 13.2 Å². The number of carboxylic acids is 1. The van der Waals surface area contributed by atoms with Crippen molar-refractivity contribution in [3.8, 4) is 11.5 Å². The summed E-state index contributed by atoms with van der Waals surface area (Å²) in [6.45, 7) is 1.90. The van der Waals surface area contributed by atoms with Crippen LogP contribution in [0.5, 0.6) is 11.5 Å². The lowest BCUT2D eigenvalue weighted by molar-refractivity contribution is -0.139. The summed E-state index contributed by atoms with van der Waals surface area (Å²) in [6, 6.07) is 8.13. The smallest absolute Gasteiger partial charge is 0.416 e. The molecule has 1 aliphatic carbocycles. The van der Waals surface area contributed by atoms with Crippen LogP contribution in [0.3, 0.4) is 0 Å². The van der Waals surface area contributed by atoms with Crippen LogP contribution in [0.2, 0.25) is 0 Å². The second-order valence-corrected chi connectivity index (χ2v) is 10.3. The molecule has 2 saturated heterocycles. The standard InChI is InChI=1S/C27H28F3NO5/c28-27(29,30)23-7-5-21-20(22(23)13-31-11-17-1-2-18(12-31)35-17)6-8-24(21)36-16-3-4-19-15(9-26(32)33)14-34-25(19)10-16/h3-5,7,10,15,17-18,24H,1-2,6,8-9,11-14H2,(H,32,33)/t15?,17?,18?,24-/m1/s1. The molecule has 0 saturated carbocycles. The van der Waals surface area contributed by atoms with Gasteiger partial charge >= 0.3 is 12.1 Å². The van der Waals surface area contributed by atoms with E-state index < -0.39 is 17.7 Å². The minimum Gasteiger partial charge on any atom is -0.492 e. The van der Waals surface area contributed by atoms with Crippen molar-refractivity contribution in [1.29, 1.82) is 0 Å². The van der Waals surface area contributed by atoms with Gasteiger partial charge in [0.1, 0.15) is 17.6 Å². The third kappa shape index (κ3) is 4.43. The van der Waals surface area contributed by atoms with E-state index in [9.17, 15) is 18.0 Å². The first-order valence-corrected chi connectivity index (χ1v) is 12.5. The number of benzene rings is 2. The van der Waals surface area contributed by atoms with Crippen molar-refractivity contribution < 1.29 is 37.3 Å². The quantitative estimate of drug-likeness (QED) is 0.593. The third-order valence-electron chi connectivity index (χ3n) is 7.84. The first-order valence-electron chi connectivity index (χ1n) is 12.5. The zero-order valence-corrected chi connectivity index (χ0v) is 19.7. The van der Waals surface area contributed by atoms with Crippen LogP contribution in [0.15, 0.2) is 30.3 Å². The summed E-state index contributed by atoms with van der Waals surface area (Å²) < 4.78 is 59.8. The van der Waals surface area contributed by atoms with Crippen molar-refractivity contribution in [3.63, 3.8) is 0 Å². The summed E-state index contributed by atoms with van der Waals surface area (Å²) in [4.78, 5) is 13.2. The van der Waals surface area contributed by atoms with E-state index in [1.54, 1.807) is 18.2 Å². The Kier molecular flexibility index (Phi) is 5.87. The lowest BCUT2D eigenvalue weighted by atomic mass is 9.96. The second kappa shape index (κ2) is 8.95. The topological polar surface area (TPSA) is 68.2 Å². The van der Waals surface area contributed by atoms with Gasteiger partial charge in [0.05, 0.1) is 30.8 Å². The molecule has 36 heavy (non-hydrogen) atoms. The predicted molar refractivity (Wildman–Crippen MR) is 123 cm³/mol. The van der Waals surface area contributed by atoms with Crippen LogP contribution in [0, 0.1) is 0 Å². The van der Waals surface area contributed by atoms with Gasteiger partial charge in [0.15, 0.2) is 0 Å².